The van der Waals surface area contributed by atoms with Crippen LogP contribution in [0.5, 0.6) is 0 Å². The molecule has 6 saturated heterocycles. The van der Waals surface area contributed by atoms with Gasteiger partial charge < -0.3 is 14.2 Å². The SMILES string of the molecule is O=C1C2CC3C=CC(O3)C2C(=O)N1CCN(CCN1C(=O)C2C3C=CC(O3)C2C1=O)CCN1C(=O)C2C3C=CC(O3)C2C1=O. The van der Waals surface area contributed by atoms with Gasteiger partial charge in [0.1, 0.15) is 0 Å². The van der Waals surface area contributed by atoms with E-state index in [1.54, 1.807) is 0 Å². The fraction of sp³-hybridized carbons (Fsp3) is 0.613. The molecule has 9 aliphatic heterocycles. The summed E-state index contributed by atoms with van der Waals surface area (Å²) >= 11 is 0. The number of hydrogen-bond donors (Lipinski definition) is 0. The van der Waals surface area contributed by atoms with Gasteiger partial charge in [-0.15, -0.1) is 0 Å². The molecular weight excluding hydrogens is 572 g/mol. The van der Waals surface area contributed by atoms with Crippen LogP contribution in [0.15, 0.2) is 36.5 Å². The maximum absolute atomic E-state index is 13.4. The quantitative estimate of drug-likeness (QED) is 0.225. The van der Waals surface area contributed by atoms with Crippen LogP contribution >= 0.6 is 0 Å². The molecule has 12 unspecified atom stereocenters. The summed E-state index contributed by atoms with van der Waals surface area (Å²) in [5, 5.41) is 0. The molecule has 0 aromatic carbocycles. The lowest BCUT2D eigenvalue weighted by Crippen LogP contribution is -2.47. The van der Waals surface area contributed by atoms with Crippen molar-refractivity contribution in [3.63, 3.8) is 0 Å². The molecule has 0 spiro atoms. The van der Waals surface area contributed by atoms with Crippen LogP contribution in [0.3, 0.4) is 0 Å². The van der Waals surface area contributed by atoms with Crippen LogP contribution in [-0.4, -0.2) is 131 Å². The van der Waals surface area contributed by atoms with Crippen molar-refractivity contribution < 1.29 is 43.0 Å². The largest absolute Gasteiger partial charge is 0.366 e. The highest BCUT2D eigenvalue weighted by Crippen LogP contribution is 2.46. The predicted molar refractivity (Wildman–Crippen MR) is 146 cm³/mol. The zero-order valence-electron chi connectivity index (χ0n) is 23.8. The molecule has 0 saturated carbocycles. The molecule has 0 radical (unpaired) electrons. The van der Waals surface area contributed by atoms with Crippen molar-refractivity contribution in [3.8, 4) is 0 Å². The van der Waals surface area contributed by atoms with E-state index in [9.17, 15) is 28.8 Å². The molecule has 9 aliphatic rings. The zero-order chi connectivity index (χ0) is 30.0. The summed E-state index contributed by atoms with van der Waals surface area (Å²) in [5.41, 5.74) is 0. The van der Waals surface area contributed by atoms with Gasteiger partial charge >= 0.3 is 0 Å². The molecule has 13 nitrogen and oxygen atoms in total. The normalized spacial score (nSPS) is 43.7. The fourth-order valence-electron chi connectivity index (χ4n) is 9.00. The number of carbonyl (C=O) groups excluding carboxylic acids is 6. The lowest BCUT2D eigenvalue weighted by Gasteiger charge is -2.29. The molecule has 0 N–H and O–H groups in total. The van der Waals surface area contributed by atoms with Crippen LogP contribution in [0.25, 0.3) is 0 Å². The first kappa shape index (κ1) is 26.8. The molecule has 6 bridgehead atoms. The summed E-state index contributed by atoms with van der Waals surface area (Å²) in [5.74, 6) is -4.45. The van der Waals surface area contributed by atoms with Gasteiger partial charge in [-0.2, -0.15) is 0 Å². The van der Waals surface area contributed by atoms with Crippen LogP contribution in [0, 0.1) is 35.5 Å². The maximum atomic E-state index is 13.4. The number of fused-ring (bicyclic) bond motifs is 14. The van der Waals surface area contributed by atoms with E-state index < -0.39 is 41.6 Å². The number of imide groups is 3. The van der Waals surface area contributed by atoms with Crippen LogP contribution in [0.1, 0.15) is 6.42 Å². The van der Waals surface area contributed by atoms with Crippen LogP contribution in [0.2, 0.25) is 0 Å². The highest BCUT2D eigenvalue weighted by Gasteiger charge is 2.62. The summed E-state index contributed by atoms with van der Waals surface area (Å²) in [4.78, 5) is 85.4. The lowest BCUT2D eigenvalue weighted by atomic mass is 9.85. The third-order valence-electron chi connectivity index (χ3n) is 11.2. The van der Waals surface area contributed by atoms with Crippen molar-refractivity contribution in [1.82, 2.24) is 19.6 Å². The summed E-state index contributed by atoms with van der Waals surface area (Å²) < 4.78 is 17.3. The molecule has 0 aromatic rings. The van der Waals surface area contributed by atoms with E-state index in [-0.39, 0.29) is 105 Å². The first-order valence-corrected chi connectivity index (χ1v) is 15.6. The highest BCUT2D eigenvalue weighted by atomic mass is 16.5. The van der Waals surface area contributed by atoms with Gasteiger partial charge in [-0.05, 0) is 6.42 Å². The van der Waals surface area contributed by atoms with Crippen molar-refractivity contribution in [1.29, 1.82) is 0 Å². The standard InChI is InChI=1S/C31H32N4O9/c36-26-15-13-14-1-2-16(42-14)21(15)27(37)33(26)10-7-32(8-11-34-28(38)22-17-3-4-18(43-17)23(22)29(34)39)9-12-35-30(40)24-19-5-6-20(44-19)25(24)31(35)41/h1-6,14-25H,7-13H2. The van der Waals surface area contributed by atoms with Gasteiger partial charge in [0.05, 0.1) is 72.1 Å². The van der Waals surface area contributed by atoms with Gasteiger partial charge in [0.15, 0.2) is 0 Å². The molecule has 6 fully saturated rings. The molecule has 13 heteroatoms. The van der Waals surface area contributed by atoms with E-state index in [1.807, 2.05) is 41.4 Å². The Morgan fingerprint density at radius 1 is 0.500 bits per heavy atom. The average Bonchev–Trinajstić information content (AvgIpc) is 3.88. The van der Waals surface area contributed by atoms with Crippen molar-refractivity contribution in [3.05, 3.63) is 36.5 Å². The molecule has 9 rings (SSSR count). The van der Waals surface area contributed by atoms with Gasteiger partial charge in [-0.1, -0.05) is 36.5 Å². The Kier molecular flexibility index (Phi) is 5.79. The molecule has 0 aliphatic carbocycles. The molecule has 12 atom stereocenters. The number of carbonyl (C=O) groups is 6. The van der Waals surface area contributed by atoms with Gasteiger partial charge in [0.2, 0.25) is 35.4 Å². The number of amides is 6. The minimum absolute atomic E-state index is 0.120. The minimum Gasteiger partial charge on any atom is -0.366 e. The van der Waals surface area contributed by atoms with E-state index in [4.69, 9.17) is 14.2 Å². The number of rotatable bonds is 9. The van der Waals surface area contributed by atoms with Crippen molar-refractivity contribution >= 4 is 35.4 Å². The Labute approximate surface area is 252 Å². The Morgan fingerprint density at radius 2 is 0.864 bits per heavy atom. The second-order valence-corrected chi connectivity index (χ2v) is 13.2. The van der Waals surface area contributed by atoms with E-state index in [1.165, 1.54) is 14.7 Å². The molecule has 9 heterocycles. The molecule has 6 amide bonds. The van der Waals surface area contributed by atoms with Crippen molar-refractivity contribution in [2.75, 3.05) is 39.3 Å². The van der Waals surface area contributed by atoms with Gasteiger partial charge in [-0.3, -0.25) is 48.4 Å². The number of hydrogen-bond acceptors (Lipinski definition) is 10. The summed E-state index contributed by atoms with van der Waals surface area (Å²) in [6.45, 7) is 1.15. The molecule has 230 valence electrons. The Bertz CT molecular complexity index is 1360. The second kappa shape index (κ2) is 9.49. The highest BCUT2D eigenvalue weighted by molar-refractivity contribution is 6.08. The Hall–Kier alpha value is -3.52. The molecule has 0 aromatic heterocycles. The van der Waals surface area contributed by atoms with Crippen molar-refractivity contribution in [2.24, 2.45) is 35.5 Å². The van der Waals surface area contributed by atoms with Crippen LogP contribution in [-0.2, 0) is 43.0 Å². The topological polar surface area (TPSA) is 143 Å². The summed E-state index contributed by atoms with van der Waals surface area (Å²) in [6, 6.07) is 0. The van der Waals surface area contributed by atoms with Crippen molar-refractivity contribution in [2.45, 2.75) is 43.0 Å². The van der Waals surface area contributed by atoms with Gasteiger partial charge in [-0.25, -0.2) is 0 Å². The van der Waals surface area contributed by atoms with E-state index in [0.29, 0.717) is 6.42 Å². The number of nitrogens with zero attached hydrogens (tertiary/aromatic N) is 4. The Morgan fingerprint density at radius 3 is 1.32 bits per heavy atom. The zero-order valence-corrected chi connectivity index (χ0v) is 23.8. The van der Waals surface area contributed by atoms with Gasteiger partial charge in [0, 0.05) is 39.3 Å². The number of ether oxygens (including phenoxy) is 3. The first-order valence-electron chi connectivity index (χ1n) is 15.6. The smallest absolute Gasteiger partial charge is 0.236 e. The maximum Gasteiger partial charge on any atom is 0.236 e. The van der Waals surface area contributed by atoms with Gasteiger partial charge in [0.25, 0.3) is 0 Å². The van der Waals surface area contributed by atoms with E-state index >= 15 is 0 Å². The van der Waals surface area contributed by atoms with Crippen LogP contribution in [0.4, 0.5) is 0 Å². The minimum atomic E-state index is -0.526. The number of likely N-dealkylation sites (tertiary alicyclic amines) is 3. The fourth-order valence-corrected chi connectivity index (χ4v) is 9.00. The van der Waals surface area contributed by atoms with E-state index in [0.717, 1.165) is 0 Å². The third-order valence-corrected chi connectivity index (χ3v) is 11.2. The van der Waals surface area contributed by atoms with E-state index in [2.05, 4.69) is 0 Å². The summed E-state index contributed by atoms with van der Waals surface area (Å²) in [7, 11) is 0. The predicted octanol–water partition coefficient (Wildman–Crippen LogP) is -1.51. The third kappa shape index (κ3) is 3.60. The summed E-state index contributed by atoms with van der Waals surface area (Å²) in [6.07, 6.45) is 9.56. The second-order valence-electron chi connectivity index (χ2n) is 13.2. The lowest BCUT2D eigenvalue weighted by molar-refractivity contribution is -0.143. The average molecular weight is 605 g/mol. The molecule has 44 heavy (non-hydrogen) atoms. The van der Waals surface area contributed by atoms with Crippen LogP contribution < -0.4 is 0 Å². The Balaban J connectivity index is 0.897. The molecular formula is C31H32N4O9. The first-order chi connectivity index (χ1) is 21.3. The monoisotopic (exact) mass is 604 g/mol.